The topological polar surface area (TPSA) is 54.3 Å². The van der Waals surface area contributed by atoms with Crippen LogP contribution in [0, 0.1) is 11.8 Å². The Morgan fingerprint density at radius 1 is 1.07 bits per heavy atom. The van der Waals surface area contributed by atoms with Gasteiger partial charge in [0.25, 0.3) is 0 Å². The highest BCUT2D eigenvalue weighted by molar-refractivity contribution is 5.42. The van der Waals surface area contributed by atoms with Gasteiger partial charge < -0.3 is 9.47 Å². The zero-order valence-electron chi connectivity index (χ0n) is 16.7. The molecule has 2 aliphatic heterocycles. The number of nitrogens with zero attached hydrogens (tertiary/aromatic N) is 5. The molecule has 4 rings (SSSR count). The summed E-state index contributed by atoms with van der Waals surface area (Å²) in [6.45, 7) is 11.8. The summed E-state index contributed by atoms with van der Waals surface area (Å²) in [5, 5.41) is 0. The minimum Gasteiger partial charge on any atom is -0.356 e. The highest BCUT2D eigenvalue weighted by Gasteiger charge is 2.40. The van der Waals surface area contributed by atoms with Crippen molar-refractivity contribution in [2.45, 2.75) is 32.7 Å². The molecule has 2 aliphatic rings. The molecule has 0 bridgehead atoms. The molecule has 2 saturated heterocycles. The van der Waals surface area contributed by atoms with E-state index < -0.39 is 0 Å². The predicted octanol–water partition coefficient (Wildman–Crippen LogP) is 2.04. The maximum absolute atomic E-state index is 11.6. The second-order valence-corrected chi connectivity index (χ2v) is 9.12. The fourth-order valence-corrected chi connectivity index (χ4v) is 4.34. The number of rotatable bonds is 3. The van der Waals surface area contributed by atoms with Crippen LogP contribution in [-0.4, -0.2) is 45.6 Å². The zero-order chi connectivity index (χ0) is 19.2. The van der Waals surface area contributed by atoms with E-state index in [-0.39, 0.29) is 11.0 Å². The van der Waals surface area contributed by atoms with Gasteiger partial charge in [-0.1, -0.05) is 26.8 Å². The van der Waals surface area contributed by atoms with Crippen LogP contribution in [-0.2, 0) is 19.0 Å². The average molecular weight is 367 g/mol. The number of aromatic nitrogens is 3. The van der Waals surface area contributed by atoms with E-state index in [2.05, 4.69) is 46.6 Å². The number of hydrogen-bond acceptors (Lipinski definition) is 5. The Bertz CT molecular complexity index is 871. The molecule has 4 heterocycles. The van der Waals surface area contributed by atoms with Crippen molar-refractivity contribution >= 4 is 5.82 Å². The lowest BCUT2D eigenvalue weighted by atomic mass is 9.92. The molecule has 0 saturated carbocycles. The van der Waals surface area contributed by atoms with E-state index in [0.717, 1.165) is 44.2 Å². The molecule has 2 fully saturated rings. The molecule has 27 heavy (non-hydrogen) atoms. The van der Waals surface area contributed by atoms with Crippen molar-refractivity contribution in [1.29, 1.82) is 0 Å². The minimum absolute atomic E-state index is 0.0415. The van der Waals surface area contributed by atoms with Gasteiger partial charge in [-0.2, -0.15) is 0 Å². The standard InChI is InChI=1S/C21H29N5O/c1-21(2,3)18-7-19(23-14-22-18)26-12-16-10-25(11-17(16)13-26)9-15-5-6-20(27)24(4)8-15/h5-8,14,16-17H,9-13H2,1-4H3. The van der Waals surface area contributed by atoms with Crippen LogP contribution in [0.4, 0.5) is 5.82 Å². The van der Waals surface area contributed by atoms with E-state index in [4.69, 9.17) is 0 Å². The molecule has 2 unspecified atom stereocenters. The molecular formula is C21H29N5O. The van der Waals surface area contributed by atoms with Gasteiger partial charge in [0.15, 0.2) is 0 Å². The van der Waals surface area contributed by atoms with E-state index in [1.165, 1.54) is 5.56 Å². The highest BCUT2D eigenvalue weighted by Crippen LogP contribution is 2.34. The van der Waals surface area contributed by atoms with E-state index in [9.17, 15) is 4.79 Å². The van der Waals surface area contributed by atoms with Crippen molar-refractivity contribution in [2.24, 2.45) is 18.9 Å². The van der Waals surface area contributed by atoms with Crippen LogP contribution in [0.5, 0.6) is 0 Å². The number of pyridine rings is 1. The van der Waals surface area contributed by atoms with Gasteiger partial charge in [0.05, 0.1) is 5.69 Å². The quantitative estimate of drug-likeness (QED) is 0.831. The van der Waals surface area contributed by atoms with Crippen molar-refractivity contribution in [3.8, 4) is 0 Å². The van der Waals surface area contributed by atoms with Crippen LogP contribution >= 0.6 is 0 Å². The Hall–Kier alpha value is -2.21. The molecule has 0 radical (unpaired) electrons. The van der Waals surface area contributed by atoms with E-state index >= 15 is 0 Å². The normalized spacial score (nSPS) is 23.0. The molecule has 144 valence electrons. The van der Waals surface area contributed by atoms with Crippen LogP contribution in [0.2, 0.25) is 0 Å². The second-order valence-electron chi connectivity index (χ2n) is 9.12. The summed E-state index contributed by atoms with van der Waals surface area (Å²) in [7, 11) is 1.82. The fourth-order valence-electron chi connectivity index (χ4n) is 4.34. The number of fused-ring (bicyclic) bond motifs is 1. The molecule has 0 N–H and O–H groups in total. The third kappa shape index (κ3) is 3.76. The Balaban J connectivity index is 1.40. The summed E-state index contributed by atoms with van der Waals surface area (Å²) in [5.41, 5.74) is 2.40. The molecule has 0 amide bonds. The van der Waals surface area contributed by atoms with Gasteiger partial charge in [-0.05, 0) is 17.4 Å². The monoisotopic (exact) mass is 367 g/mol. The highest BCUT2D eigenvalue weighted by atomic mass is 16.1. The number of likely N-dealkylation sites (tertiary alicyclic amines) is 1. The molecule has 0 aromatic carbocycles. The largest absolute Gasteiger partial charge is 0.356 e. The summed E-state index contributed by atoms with van der Waals surface area (Å²) in [5.74, 6) is 2.44. The van der Waals surface area contributed by atoms with Gasteiger partial charge in [0.2, 0.25) is 5.56 Å². The van der Waals surface area contributed by atoms with Crippen molar-refractivity contribution < 1.29 is 0 Å². The summed E-state index contributed by atoms with van der Waals surface area (Å²) >= 11 is 0. The van der Waals surface area contributed by atoms with Crippen LogP contribution < -0.4 is 10.5 Å². The summed E-state index contributed by atoms with van der Waals surface area (Å²) in [4.78, 5) is 25.5. The average Bonchev–Trinajstić information content (AvgIpc) is 3.16. The molecule has 2 atom stereocenters. The molecular weight excluding hydrogens is 338 g/mol. The maximum atomic E-state index is 11.6. The van der Waals surface area contributed by atoms with E-state index in [1.807, 2.05) is 19.3 Å². The van der Waals surface area contributed by atoms with Crippen LogP contribution in [0.1, 0.15) is 32.0 Å². The lowest BCUT2D eigenvalue weighted by molar-refractivity contribution is 0.308. The fraction of sp³-hybridized carbons (Fsp3) is 0.571. The van der Waals surface area contributed by atoms with Crippen molar-refractivity contribution in [3.63, 3.8) is 0 Å². The van der Waals surface area contributed by atoms with Crippen molar-refractivity contribution in [3.05, 3.63) is 52.3 Å². The van der Waals surface area contributed by atoms with Crippen molar-refractivity contribution in [1.82, 2.24) is 19.4 Å². The van der Waals surface area contributed by atoms with Gasteiger partial charge in [-0.3, -0.25) is 9.69 Å². The Labute approximate surface area is 160 Å². The minimum atomic E-state index is 0.0415. The number of aryl methyl sites for hydroxylation is 1. The zero-order valence-corrected chi connectivity index (χ0v) is 16.7. The predicted molar refractivity (Wildman–Crippen MR) is 107 cm³/mol. The molecule has 6 heteroatoms. The van der Waals surface area contributed by atoms with E-state index in [1.54, 1.807) is 17.0 Å². The third-order valence-corrected chi connectivity index (χ3v) is 5.86. The van der Waals surface area contributed by atoms with E-state index in [0.29, 0.717) is 11.8 Å². The lowest BCUT2D eigenvalue weighted by Gasteiger charge is -2.24. The molecule has 0 spiro atoms. The first kappa shape index (κ1) is 18.2. The third-order valence-electron chi connectivity index (χ3n) is 5.86. The molecule has 2 aromatic rings. The van der Waals surface area contributed by atoms with Gasteiger partial charge in [-0.15, -0.1) is 0 Å². The maximum Gasteiger partial charge on any atom is 0.250 e. The van der Waals surface area contributed by atoms with Crippen LogP contribution in [0.25, 0.3) is 0 Å². The SMILES string of the molecule is Cn1cc(CN2CC3CN(c4cc(C(C)(C)C)ncn4)CC3C2)ccc1=O. The Morgan fingerprint density at radius 3 is 2.41 bits per heavy atom. The first-order chi connectivity index (χ1) is 12.8. The van der Waals surface area contributed by atoms with Gasteiger partial charge >= 0.3 is 0 Å². The summed E-state index contributed by atoms with van der Waals surface area (Å²) in [6, 6.07) is 5.77. The number of hydrogen-bond donors (Lipinski definition) is 0. The first-order valence-electron chi connectivity index (χ1n) is 9.75. The van der Waals surface area contributed by atoms with Gasteiger partial charge in [0, 0.05) is 63.5 Å². The van der Waals surface area contributed by atoms with Crippen molar-refractivity contribution in [2.75, 3.05) is 31.1 Å². The molecule has 0 aliphatic carbocycles. The summed E-state index contributed by atoms with van der Waals surface area (Å²) in [6.07, 6.45) is 3.66. The Kier molecular flexibility index (Phi) is 4.54. The van der Waals surface area contributed by atoms with Gasteiger partial charge in [-0.25, -0.2) is 9.97 Å². The second kappa shape index (κ2) is 6.75. The smallest absolute Gasteiger partial charge is 0.250 e. The van der Waals surface area contributed by atoms with Gasteiger partial charge in [0.1, 0.15) is 12.1 Å². The Morgan fingerprint density at radius 2 is 1.78 bits per heavy atom. The molecule has 6 nitrogen and oxygen atoms in total. The first-order valence-corrected chi connectivity index (χ1v) is 9.75. The molecule has 2 aromatic heterocycles. The summed E-state index contributed by atoms with van der Waals surface area (Å²) < 4.78 is 1.66. The van der Waals surface area contributed by atoms with Crippen LogP contribution in [0.15, 0.2) is 35.5 Å². The lowest BCUT2D eigenvalue weighted by Crippen LogP contribution is -2.29. The number of anilines is 1. The van der Waals surface area contributed by atoms with Crippen LogP contribution in [0.3, 0.4) is 0 Å².